The molecule has 128 valence electrons. The summed E-state index contributed by atoms with van der Waals surface area (Å²) in [5, 5.41) is 5.91. The lowest BCUT2D eigenvalue weighted by Gasteiger charge is -2.13. The summed E-state index contributed by atoms with van der Waals surface area (Å²) in [6.45, 7) is 1.52. The minimum atomic E-state index is -0.649. The number of halogens is 2. The Morgan fingerprint density at radius 1 is 1.17 bits per heavy atom. The summed E-state index contributed by atoms with van der Waals surface area (Å²) in [4.78, 5) is 10.9. The molecule has 0 spiro atoms. The Hall–Kier alpha value is -2.28. The van der Waals surface area contributed by atoms with Gasteiger partial charge in [0.1, 0.15) is 23.1 Å². The lowest BCUT2D eigenvalue weighted by Crippen LogP contribution is -2.21. The maximum absolute atomic E-state index is 13.8. The zero-order valence-corrected chi connectivity index (χ0v) is 13.8. The average Bonchev–Trinajstić information content (AvgIpc) is 3.35. The molecule has 7 heteroatoms. The molecule has 3 rings (SSSR count). The van der Waals surface area contributed by atoms with Crippen LogP contribution in [0.25, 0.3) is 0 Å². The normalized spacial score (nSPS) is 14.0. The zero-order valence-electron chi connectivity index (χ0n) is 13.8. The number of nitrogens with one attached hydrogen (secondary N) is 2. The molecule has 1 aromatic carbocycles. The topological polar surface area (TPSA) is 53.1 Å². The fraction of sp³-hybridized carbons (Fsp3) is 0.412. The van der Waals surface area contributed by atoms with E-state index in [1.54, 1.807) is 6.07 Å². The van der Waals surface area contributed by atoms with Gasteiger partial charge in [0, 0.05) is 25.1 Å². The van der Waals surface area contributed by atoms with Gasteiger partial charge >= 0.3 is 0 Å². The summed E-state index contributed by atoms with van der Waals surface area (Å²) < 4.78 is 27.7. The third kappa shape index (κ3) is 4.17. The highest BCUT2D eigenvalue weighted by molar-refractivity contribution is 5.59. The van der Waals surface area contributed by atoms with Crippen molar-refractivity contribution in [1.29, 1.82) is 0 Å². The minimum Gasteiger partial charge on any atom is -0.353 e. The van der Waals surface area contributed by atoms with Crippen LogP contribution in [0.3, 0.4) is 0 Å². The van der Waals surface area contributed by atoms with Gasteiger partial charge < -0.3 is 15.5 Å². The van der Waals surface area contributed by atoms with Crippen molar-refractivity contribution < 1.29 is 8.78 Å². The van der Waals surface area contributed by atoms with Crippen LogP contribution in [0, 0.1) is 11.6 Å². The molecule has 1 fully saturated rings. The van der Waals surface area contributed by atoms with Gasteiger partial charge in [0.05, 0.1) is 5.69 Å². The van der Waals surface area contributed by atoms with Gasteiger partial charge in [-0.1, -0.05) is 6.07 Å². The third-order valence-corrected chi connectivity index (χ3v) is 3.80. The van der Waals surface area contributed by atoms with Crippen molar-refractivity contribution in [2.24, 2.45) is 0 Å². The Bertz CT molecular complexity index is 696. The molecule has 0 atom stereocenters. The predicted octanol–water partition coefficient (Wildman–Crippen LogP) is 3.35. The van der Waals surface area contributed by atoms with E-state index in [0.29, 0.717) is 24.2 Å². The van der Waals surface area contributed by atoms with Crippen molar-refractivity contribution in [3.05, 3.63) is 41.6 Å². The second-order valence-electron chi connectivity index (χ2n) is 6.23. The number of hydrogen-bond acceptors (Lipinski definition) is 5. The summed E-state index contributed by atoms with van der Waals surface area (Å²) >= 11 is 0. The van der Waals surface area contributed by atoms with Crippen molar-refractivity contribution in [2.75, 3.05) is 37.8 Å². The Balaban J connectivity index is 1.82. The highest BCUT2D eigenvalue weighted by Gasteiger charge is 2.26. The van der Waals surface area contributed by atoms with Crippen LogP contribution in [0.1, 0.15) is 24.5 Å². The van der Waals surface area contributed by atoms with E-state index in [1.165, 1.54) is 18.2 Å². The molecular formula is C17H21F2N5. The van der Waals surface area contributed by atoms with E-state index in [0.717, 1.165) is 25.1 Å². The Morgan fingerprint density at radius 2 is 1.88 bits per heavy atom. The van der Waals surface area contributed by atoms with Crippen LogP contribution in [0.2, 0.25) is 0 Å². The van der Waals surface area contributed by atoms with Crippen LogP contribution in [-0.4, -0.2) is 42.1 Å². The first-order chi connectivity index (χ1) is 11.5. The van der Waals surface area contributed by atoms with Gasteiger partial charge in [-0.3, -0.25) is 0 Å². The first-order valence-corrected chi connectivity index (χ1v) is 8.01. The molecule has 1 aliphatic rings. The summed E-state index contributed by atoms with van der Waals surface area (Å²) in [6, 6.07) is 5.52. The van der Waals surface area contributed by atoms with E-state index in [9.17, 15) is 8.78 Å². The van der Waals surface area contributed by atoms with Crippen molar-refractivity contribution >= 4 is 17.5 Å². The quantitative estimate of drug-likeness (QED) is 0.814. The van der Waals surface area contributed by atoms with E-state index in [4.69, 9.17) is 0 Å². The van der Waals surface area contributed by atoms with Gasteiger partial charge in [-0.2, -0.15) is 4.98 Å². The molecule has 5 nitrogen and oxygen atoms in total. The molecule has 1 saturated carbocycles. The number of likely N-dealkylation sites (N-methyl/N-ethyl adjacent to an activating group) is 1. The molecule has 1 aliphatic carbocycles. The van der Waals surface area contributed by atoms with Gasteiger partial charge in [0.2, 0.25) is 5.95 Å². The van der Waals surface area contributed by atoms with Crippen molar-refractivity contribution in [2.45, 2.75) is 18.8 Å². The van der Waals surface area contributed by atoms with Crippen LogP contribution in [0.5, 0.6) is 0 Å². The molecule has 0 bridgehead atoms. The zero-order chi connectivity index (χ0) is 17.1. The molecule has 0 radical (unpaired) electrons. The lowest BCUT2D eigenvalue weighted by atomic mass is 10.2. The van der Waals surface area contributed by atoms with E-state index < -0.39 is 11.6 Å². The summed E-state index contributed by atoms with van der Waals surface area (Å²) in [7, 11) is 3.97. The molecule has 0 amide bonds. The molecule has 1 heterocycles. The summed E-state index contributed by atoms with van der Waals surface area (Å²) in [5.74, 6) is -0.0235. The van der Waals surface area contributed by atoms with Crippen LogP contribution >= 0.6 is 0 Å². The van der Waals surface area contributed by atoms with E-state index >= 15 is 0 Å². The standard InChI is InChI=1S/C17H21F2N5/c1-24(2)9-8-20-17-21-14(11-6-7-11)10-15(23-17)22-16-12(18)4-3-5-13(16)19/h3-5,10-11H,6-9H2,1-2H3,(H2,20,21,22,23). The number of aromatic nitrogens is 2. The fourth-order valence-corrected chi connectivity index (χ4v) is 2.33. The molecule has 2 aromatic rings. The number of para-hydroxylation sites is 1. The largest absolute Gasteiger partial charge is 0.353 e. The van der Waals surface area contributed by atoms with Gasteiger partial charge in [-0.25, -0.2) is 13.8 Å². The van der Waals surface area contributed by atoms with E-state index in [-0.39, 0.29) is 5.69 Å². The molecular weight excluding hydrogens is 312 g/mol. The van der Waals surface area contributed by atoms with Crippen LogP contribution in [0.15, 0.2) is 24.3 Å². The van der Waals surface area contributed by atoms with Crippen molar-refractivity contribution in [1.82, 2.24) is 14.9 Å². The first kappa shape index (κ1) is 16.6. The lowest BCUT2D eigenvalue weighted by molar-refractivity contribution is 0.425. The molecule has 0 saturated heterocycles. The number of hydrogen-bond donors (Lipinski definition) is 2. The Labute approximate surface area is 140 Å². The van der Waals surface area contributed by atoms with Crippen molar-refractivity contribution in [3.63, 3.8) is 0 Å². The number of anilines is 3. The maximum Gasteiger partial charge on any atom is 0.224 e. The second-order valence-corrected chi connectivity index (χ2v) is 6.23. The van der Waals surface area contributed by atoms with Crippen LogP contribution in [-0.2, 0) is 0 Å². The molecule has 0 aliphatic heterocycles. The SMILES string of the molecule is CN(C)CCNc1nc(Nc2c(F)cccc2F)cc(C2CC2)n1. The Kier molecular flexibility index (Phi) is 4.89. The third-order valence-electron chi connectivity index (χ3n) is 3.80. The average molecular weight is 333 g/mol. The molecule has 1 aromatic heterocycles. The second kappa shape index (κ2) is 7.09. The monoisotopic (exact) mass is 333 g/mol. The molecule has 24 heavy (non-hydrogen) atoms. The van der Waals surface area contributed by atoms with E-state index in [2.05, 4.69) is 20.6 Å². The predicted molar refractivity (Wildman–Crippen MR) is 90.7 cm³/mol. The van der Waals surface area contributed by atoms with Crippen LogP contribution in [0.4, 0.5) is 26.2 Å². The smallest absolute Gasteiger partial charge is 0.224 e. The van der Waals surface area contributed by atoms with Gasteiger partial charge in [-0.05, 0) is 39.1 Å². The van der Waals surface area contributed by atoms with Crippen molar-refractivity contribution in [3.8, 4) is 0 Å². The van der Waals surface area contributed by atoms with Gasteiger partial charge in [0.25, 0.3) is 0 Å². The summed E-state index contributed by atoms with van der Waals surface area (Å²) in [6.07, 6.45) is 2.17. The van der Waals surface area contributed by atoms with E-state index in [1.807, 2.05) is 19.0 Å². The maximum atomic E-state index is 13.8. The first-order valence-electron chi connectivity index (χ1n) is 8.01. The number of rotatable bonds is 7. The van der Waals surface area contributed by atoms with Gasteiger partial charge in [0.15, 0.2) is 0 Å². The van der Waals surface area contributed by atoms with Crippen LogP contribution < -0.4 is 10.6 Å². The molecule has 0 unspecified atom stereocenters. The number of benzene rings is 1. The highest BCUT2D eigenvalue weighted by Crippen LogP contribution is 2.40. The number of nitrogens with zero attached hydrogens (tertiary/aromatic N) is 3. The molecule has 2 N–H and O–H groups in total. The minimum absolute atomic E-state index is 0.197. The highest BCUT2D eigenvalue weighted by atomic mass is 19.1. The summed E-state index contributed by atoms with van der Waals surface area (Å²) in [5.41, 5.74) is 0.703. The van der Waals surface area contributed by atoms with Gasteiger partial charge in [-0.15, -0.1) is 0 Å². The Morgan fingerprint density at radius 3 is 2.50 bits per heavy atom. The fourth-order valence-electron chi connectivity index (χ4n) is 2.33.